The van der Waals surface area contributed by atoms with Gasteiger partial charge in [-0.05, 0) is 56.4 Å². The third kappa shape index (κ3) is 5.51. The molecule has 0 radical (unpaired) electrons. The molecule has 0 spiro atoms. The molecular formula is C19H29ClN4O. The van der Waals surface area contributed by atoms with Gasteiger partial charge in [0.05, 0.1) is 6.10 Å². The predicted molar refractivity (Wildman–Crippen MR) is 105 cm³/mol. The van der Waals surface area contributed by atoms with Crippen molar-refractivity contribution >= 4 is 23.2 Å². The Morgan fingerprint density at radius 1 is 1.16 bits per heavy atom. The highest BCUT2D eigenvalue weighted by Crippen LogP contribution is 2.19. The second-order valence-electron chi connectivity index (χ2n) is 6.82. The monoisotopic (exact) mass is 364 g/mol. The predicted octanol–water partition coefficient (Wildman–Crippen LogP) is 3.13. The highest BCUT2D eigenvalue weighted by molar-refractivity contribution is 6.30. The Labute approximate surface area is 155 Å². The maximum absolute atomic E-state index is 6.18. The first kappa shape index (κ1) is 18.3. The fraction of sp³-hybridized carbons (Fsp3) is 0.632. The Morgan fingerprint density at radius 3 is 2.60 bits per heavy atom. The van der Waals surface area contributed by atoms with Crippen LogP contribution in [-0.4, -0.2) is 56.3 Å². The lowest BCUT2D eigenvalue weighted by Crippen LogP contribution is -2.51. The van der Waals surface area contributed by atoms with Crippen molar-refractivity contribution in [2.24, 2.45) is 10.7 Å². The number of piperazine rings is 1. The number of halogens is 1. The molecule has 2 aliphatic heterocycles. The van der Waals surface area contributed by atoms with E-state index in [9.17, 15) is 0 Å². The first-order valence-corrected chi connectivity index (χ1v) is 9.77. The van der Waals surface area contributed by atoms with E-state index in [4.69, 9.17) is 22.1 Å². The highest BCUT2D eigenvalue weighted by atomic mass is 35.5. The maximum Gasteiger partial charge on any atom is 0.191 e. The topological polar surface area (TPSA) is 54.1 Å². The molecule has 25 heavy (non-hydrogen) atoms. The van der Waals surface area contributed by atoms with Crippen molar-refractivity contribution < 1.29 is 4.74 Å². The molecule has 2 aliphatic rings. The molecule has 0 aliphatic carbocycles. The van der Waals surface area contributed by atoms with E-state index in [0.717, 1.165) is 57.2 Å². The molecule has 138 valence electrons. The van der Waals surface area contributed by atoms with E-state index < -0.39 is 0 Å². The summed E-state index contributed by atoms with van der Waals surface area (Å²) in [6.07, 6.45) is 6.30. The fourth-order valence-corrected chi connectivity index (χ4v) is 3.62. The van der Waals surface area contributed by atoms with Gasteiger partial charge in [-0.15, -0.1) is 0 Å². The van der Waals surface area contributed by atoms with Gasteiger partial charge < -0.3 is 20.3 Å². The number of guanidine groups is 1. The number of hydrogen-bond donors (Lipinski definition) is 1. The minimum atomic E-state index is 0.438. The van der Waals surface area contributed by atoms with Gasteiger partial charge in [0, 0.05) is 50.0 Å². The van der Waals surface area contributed by atoms with Crippen LogP contribution in [0.4, 0.5) is 5.69 Å². The van der Waals surface area contributed by atoms with E-state index in [1.165, 1.54) is 24.9 Å². The van der Waals surface area contributed by atoms with Crippen LogP contribution < -0.4 is 10.6 Å². The Kier molecular flexibility index (Phi) is 6.82. The average molecular weight is 365 g/mol. The molecule has 1 atom stereocenters. The molecular weight excluding hydrogens is 336 g/mol. The molecule has 0 bridgehead atoms. The molecule has 1 unspecified atom stereocenters. The quantitative estimate of drug-likeness (QED) is 0.495. The van der Waals surface area contributed by atoms with Crippen LogP contribution >= 0.6 is 11.6 Å². The minimum absolute atomic E-state index is 0.438. The maximum atomic E-state index is 6.18. The molecule has 0 amide bonds. The lowest BCUT2D eigenvalue weighted by atomic mass is 10.1. The lowest BCUT2D eigenvalue weighted by Gasteiger charge is -2.36. The van der Waals surface area contributed by atoms with Crippen molar-refractivity contribution in [1.29, 1.82) is 0 Å². The first-order chi connectivity index (χ1) is 12.2. The third-order valence-corrected chi connectivity index (χ3v) is 5.28. The number of nitrogens with two attached hydrogens (primary N) is 1. The summed E-state index contributed by atoms with van der Waals surface area (Å²) < 4.78 is 5.76. The van der Waals surface area contributed by atoms with Crippen LogP contribution in [0.3, 0.4) is 0 Å². The number of hydrogen-bond acceptors (Lipinski definition) is 3. The molecule has 5 nitrogen and oxygen atoms in total. The number of anilines is 1. The Morgan fingerprint density at radius 2 is 1.92 bits per heavy atom. The van der Waals surface area contributed by atoms with Gasteiger partial charge in [-0.2, -0.15) is 0 Å². The van der Waals surface area contributed by atoms with E-state index in [-0.39, 0.29) is 0 Å². The van der Waals surface area contributed by atoms with Crippen LogP contribution in [0.2, 0.25) is 5.02 Å². The summed E-state index contributed by atoms with van der Waals surface area (Å²) in [5, 5.41) is 0.775. The van der Waals surface area contributed by atoms with E-state index >= 15 is 0 Å². The van der Waals surface area contributed by atoms with Crippen molar-refractivity contribution in [2.75, 3.05) is 44.2 Å². The summed E-state index contributed by atoms with van der Waals surface area (Å²) in [6, 6.07) is 8.02. The van der Waals surface area contributed by atoms with Crippen molar-refractivity contribution in [1.82, 2.24) is 4.90 Å². The van der Waals surface area contributed by atoms with Gasteiger partial charge in [0.25, 0.3) is 0 Å². The van der Waals surface area contributed by atoms with Crippen molar-refractivity contribution in [3.05, 3.63) is 29.3 Å². The van der Waals surface area contributed by atoms with Crippen LogP contribution in [0.5, 0.6) is 0 Å². The van der Waals surface area contributed by atoms with Crippen molar-refractivity contribution in [3.63, 3.8) is 0 Å². The third-order valence-electron chi connectivity index (χ3n) is 5.03. The Bertz CT molecular complexity index is 549. The van der Waals surface area contributed by atoms with Gasteiger partial charge in [-0.1, -0.05) is 11.6 Å². The van der Waals surface area contributed by atoms with Gasteiger partial charge in [0.2, 0.25) is 0 Å². The molecule has 0 aromatic heterocycles. The molecule has 2 heterocycles. The lowest BCUT2D eigenvalue weighted by molar-refractivity contribution is 0.0105. The highest BCUT2D eigenvalue weighted by Gasteiger charge is 2.18. The summed E-state index contributed by atoms with van der Waals surface area (Å²) in [5.74, 6) is 0.681. The molecule has 2 saturated heterocycles. The van der Waals surface area contributed by atoms with Crippen LogP contribution in [0, 0.1) is 0 Å². The van der Waals surface area contributed by atoms with E-state index in [0.29, 0.717) is 12.1 Å². The number of ether oxygens (including phenoxy) is 1. The Balaban J connectivity index is 1.38. The summed E-state index contributed by atoms with van der Waals surface area (Å²) in [4.78, 5) is 9.12. The second kappa shape index (κ2) is 9.30. The summed E-state index contributed by atoms with van der Waals surface area (Å²) in [7, 11) is 0. The molecule has 2 fully saturated rings. The number of nitrogens with zero attached hydrogens (tertiary/aromatic N) is 3. The van der Waals surface area contributed by atoms with Crippen molar-refractivity contribution in [3.8, 4) is 0 Å². The van der Waals surface area contributed by atoms with Gasteiger partial charge in [-0.3, -0.25) is 4.99 Å². The largest absolute Gasteiger partial charge is 0.378 e. The molecule has 1 aromatic carbocycles. The van der Waals surface area contributed by atoms with Gasteiger partial charge in [0.15, 0.2) is 5.96 Å². The molecule has 2 N–H and O–H groups in total. The normalized spacial score (nSPS) is 22.3. The number of aliphatic imine (C=N–C) groups is 1. The zero-order valence-electron chi connectivity index (χ0n) is 14.9. The van der Waals surface area contributed by atoms with Gasteiger partial charge >= 0.3 is 0 Å². The fourth-order valence-electron chi connectivity index (χ4n) is 3.49. The minimum Gasteiger partial charge on any atom is -0.378 e. The van der Waals surface area contributed by atoms with E-state index in [1.807, 2.05) is 12.1 Å². The zero-order chi connectivity index (χ0) is 17.5. The summed E-state index contributed by atoms with van der Waals surface area (Å²) >= 11 is 5.96. The number of benzene rings is 1. The average Bonchev–Trinajstić information content (AvgIpc) is 2.67. The van der Waals surface area contributed by atoms with Gasteiger partial charge in [0.1, 0.15) is 0 Å². The molecule has 3 rings (SSSR count). The standard InChI is InChI=1S/C19H29ClN4O/c20-16-6-8-17(9-7-16)23-11-13-24(14-12-23)19(21)22-10-3-5-18-4-1-2-15-25-18/h6-9,18H,1-5,10-15H2,(H2,21,22). The smallest absolute Gasteiger partial charge is 0.191 e. The molecule has 6 heteroatoms. The first-order valence-electron chi connectivity index (χ1n) is 9.39. The zero-order valence-corrected chi connectivity index (χ0v) is 15.6. The van der Waals surface area contributed by atoms with Crippen LogP contribution in [0.25, 0.3) is 0 Å². The Hall–Kier alpha value is -1.46. The van der Waals surface area contributed by atoms with E-state index in [1.54, 1.807) is 0 Å². The molecule has 1 aromatic rings. The van der Waals surface area contributed by atoms with Crippen molar-refractivity contribution in [2.45, 2.75) is 38.2 Å². The van der Waals surface area contributed by atoms with Crippen LogP contribution in [-0.2, 0) is 4.74 Å². The van der Waals surface area contributed by atoms with Gasteiger partial charge in [-0.25, -0.2) is 0 Å². The van der Waals surface area contributed by atoms with Crippen LogP contribution in [0.15, 0.2) is 29.3 Å². The van der Waals surface area contributed by atoms with E-state index in [2.05, 4.69) is 26.9 Å². The molecule has 0 saturated carbocycles. The second-order valence-corrected chi connectivity index (χ2v) is 7.26. The summed E-state index contributed by atoms with van der Waals surface area (Å²) in [6.45, 7) is 5.44. The number of rotatable bonds is 5. The summed E-state index contributed by atoms with van der Waals surface area (Å²) in [5.41, 5.74) is 7.40. The van der Waals surface area contributed by atoms with Crippen LogP contribution in [0.1, 0.15) is 32.1 Å². The SMILES string of the molecule is NC(=NCCCC1CCCCO1)N1CCN(c2ccc(Cl)cc2)CC1.